The number of phosphoric acid groups is 1. The molecule has 5 aromatic rings. The van der Waals surface area contributed by atoms with Gasteiger partial charge in [-0.25, -0.2) is 0 Å². The highest BCUT2D eigenvalue weighted by molar-refractivity contribution is 7.49. The standard InChI is InChI=1S/C33H24F3O4P/c1-24(25-20-22-28(23-21-25)33(34,35)36)38-41(37,39-29-16-9-4-10-17-29)40-31-19-11-18-30(26-12-5-2-6-13-26)32(31)27-14-7-3-8-15-27/h2-23H,1H2. The molecule has 0 fully saturated rings. The van der Waals surface area contributed by atoms with Crippen LogP contribution in [0.3, 0.4) is 0 Å². The molecule has 0 spiro atoms. The van der Waals surface area contributed by atoms with E-state index >= 15 is 0 Å². The third kappa shape index (κ3) is 6.71. The van der Waals surface area contributed by atoms with Crippen molar-refractivity contribution in [3.05, 3.63) is 151 Å². The first-order valence-electron chi connectivity index (χ1n) is 12.6. The zero-order chi connectivity index (χ0) is 28.9. The lowest BCUT2D eigenvalue weighted by Gasteiger charge is -2.23. The Labute approximate surface area is 235 Å². The first kappa shape index (κ1) is 27.8. The van der Waals surface area contributed by atoms with E-state index in [4.69, 9.17) is 13.6 Å². The van der Waals surface area contributed by atoms with Crippen molar-refractivity contribution < 1.29 is 31.3 Å². The zero-order valence-corrected chi connectivity index (χ0v) is 22.5. The minimum absolute atomic E-state index is 0.180. The fourth-order valence-electron chi connectivity index (χ4n) is 4.19. The summed E-state index contributed by atoms with van der Waals surface area (Å²) >= 11 is 0. The highest BCUT2D eigenvalue weighted by Crippen LogP contribution is 2.55. The maximum absolute atomic E-state index is 14.3. The van der Waals surface area contributed by atoms with Crippen molar-refractivity contribution in [3.63, 3.8) is 0 Å². The molecular formula is C33H24F3O4P. The monoisotopic (exact) mass is 572 g/mol. The maximum Gasteiger partial charge on any atom is 0.647 e. The summed E-state index contributed by atoms with van der Waals surface area (Å²) < 4.78 is 71.1. The van der Waals surface area contributed by atoms with Crippen LogP contribution in [0.4, 0.5) is 13.2 Å². The summed E-state index contributed by atoms with van der Waals surface area (Å²) in [5.41, 5.74) is 2.53. The molecule has 0 radical (unpaired) electrons. The second-order valence-electron chi connectivity index (χ2n) is 8.94. The first-order chi connectivity index (χ1) is 19.7. The number of benzene rings is 5. The van der Waals surface area contributed by atoms with Gasteiger partial charge in [-0.1, -0.05) is 110 Å². The Hall–Kier alpha value is -4.74. The van der Waals surface area contributed by atoms with Gasteiger partial charge < -0.3 is 13.6 Å². The van der Waals surface area contributed by atoms with Gasteiger partial charge in [-0.2, -0.15) is 17.7 Å². The van der Waals surface area contributed by atoms with Crippen LogP contribution in [0.15, 0.2) is 140 Å². The molecule has 206 valence electrons. The van der Waals surface area contributed by atoms with Crippen molar-refractivity contribution in [2.45, 2.75) is 6.18 Å². The fraction of sp³-hybridized carbons (Fsp3) is 0.0303. The van der Waals surface area contributed by atoms with Crippen LogP contribution in [0.2, 0.25) is 0 Å². The van der Waals surface area contributed by atoms with Crippen LogP contribution in [0.5, 0.6) is 11.5 Å². The minimum Gasteiger partial charge on any atom is -0.386 e. The highest BCUT2D eigenvalue weighted by atomic mass is 31.2. The lowest BCUT2D eigenvalue weighted by Crippen LogP contribution is -2.07. The average molecular weight is 573 g/mol. The van der Waals surface area contributed by atoms with Crippen LogP contribution in [-0.2, 0) is 15.3 Å². The van der Waals surface area contributed by atoms with Crippen molar-refractivity contribution in [2.24, 2.45) is 0 Å². The van der Waals surface area contributed by atoms with E-state index in [1.165, 1.54) is 12.1 Å². The fourth-order valence-corrected chi connectivity index (χ4v) is 5.45. The molecule has 0 saturated carbocycles. The zero-order valence-electron chi connectivity index (χ0n) is 21.6. The van der Waals surface area contributed by atoms with Crippen molar-refractivity contribution in [2.75, 3.05) is 0 Å². The molecule has 0 N–H and O–H groups in total. The molecule has 0 aromatic heterocycles. The summed E-state index contributed by atoms with van der Waals surface area (Å²) in [7, 11) is -4.51. The van der Waals surface area contributed by atoms with Crippen LogP contribution in [0, 0.1) is 0 Å². The molecule has 5 aromatic carbocycles. The molecule has 5 rings (SSSR count). The van der Waals surface area contributed by atoms with Gasteiger partial charge in [-0.15, -0.1) is 0 Å². The smallest absolute Gasteiger partial charge is 0.386 e. The number of para-hydroxylation sites is 1. The van der Waals surface area contributed by atoms with Crippen LogP contribution < -0.4 is 9.05 Å². The van der Waals surface area contributed by atoms with Crippen molar-refractivity contribution in [1.82, 2.24) is 0 Å². The van der Waals surface area contributed by atoms with E-state index in [2.05, 4.69) is 6.58 Å². The molecule has 0 bridgehead atoms. The summed E-state index contributed by atoms with van der Waals surface area (Å²) in [6.07, 6.45) is -4.51. The Balaban J connectivity index is 1.56. The predicted octanol–water partition coefficient (Wildman–Crippen LogP) is 10.3. The molecule has 0 aliphatic rings. The SMILES string of the molecule is C=C(OP(=O)(Oc1ccccc1)Oc1cccc(-c2ccccc2)c1-c1ccccc1)c1ccc(C(F)(F)F)cc1. The highest BCUT2D eigenvalue weighted by Gasteiger charge is 2.36. The van der Waals surface area contributed by atoms with E-state index in [0.29, 0.717) is 5.56 Å². The topological polar surface area (TPSA) is 44.8 Å². The van der Waals surface area contributed by atoms with Crippen LogP contribution in [-0.4, -0.2) is 0 Å². The summed E-state index contributed by atoms with van der Waals surface area (Å²) in [4.78, 5) is 0. The van der Waals surface area contributed by atoms with E-state index in [1.54, 1.807) is 42.5 Å². The summed E-state index contributed by atoms with van der Waals surface area (Å²) in [6.45, 7) is 3.80. The molecule has 0 aliphatic heterocycles. The Morgan fingerprint density at radius 1 is 0.634 bits per heavy atom. The summed E-state index contributed by atoms with van der Waals surface area (Å²) in [5.74, 6) is 0.243. The van der Waals surface area contributed by atoms with Crippen molar-refractivity contribution in [1.29, 1.82) is 0 Å². The number of alkyl halides is 3. The summed E-state index contributed by atoms with van der Waals surface area (Å²) in [6, 6.07) is 36.9. The van der Waals surface area contributed by atoms with Gasteiger partial charge in [-0.05, 0) is 47.0 Å². The molecular weight excluding hydrogens is 548 g/mol. The molecule has 0 amide bonds. The van der Waals surface area contributed by atoms with Gasteiger partial charge in [0.1, 0.15) is 17.3 Å². The van der Waals surface area contributed by atoms with Crippen molar-refractivity contribution >= 4 is 13.6 Å². The number of hydrogen-bond acceptors (Lipinski definition) is 4. The molecule has 0 aliphatic carbocycles. The first-order valence-corrected chi connectivity index (χ1v) is 14.0. The quantitative estimate of drug-likeness (QED) is 0.130. The van der Waals surface area contributed by atoms with Gasteiger partial charge in [-0.3, -0.25) is 0 Å². The van der Waals surface area contributed by atoms with Gasteiger partial charge >= 0.3 is 14.0 Å². The normalized spacial score (nSPS) is 12.7. The number of halogens is 3. The van der Waals surface area contributed by atoms with Gasteiger partial charge in [0.25, 0.3) is 0 Å². The number of phosphoric ester groups is 1. The molecule has 4 nitrogen and oxygen atoms in total. The Kier molecular flexibility index (Phi) is 7.99. The Bertz CT molecular complexity index is 1670. The largest absolute Gasteiger partial charge is 0.647 e. The molecule has 1 atom stereocenters. The summed E-state index contributed by atoms with van der Waals surface area (Å²) in [5, 5.41) is 0. The number of rotatable bonds is 9. The molecule has 0 saturated heterocycles. The Morgan fingerprint density at radius 2 is 1.20 bits per heavy atom. The molecule has 1 unspecified atom stereocenters. The lowest BCUT2D eigenvalue weighted by atomic mass is 9.94. The van der Waals surface area contributed by atoms with E-state index in [1.807, 2.05) is 66.7 Å². The second kappa shape index (κ2) is 11.8. The Morgan fingerprint density at radius 3 is 1.78 bits per heavy atom. The van der Waals surface area contributed by atoms with E-state index in [-0.39, 0.29) is 22.8 Å². The lowest BCUT2D eigenvalue weighted by molar-refractivity contribution is -0.137. The molecule has 41 heavy (non-hydrogen) atoms. The average Bonchev–Trinajstić information content (AvgIpc) is 2.98. The van der Waals surface area contributed by atoms with Gasteiger partial charge in [0, 0.05) is 11.1 Å². The van der Waals surface area contributed by atoms with Gasteiger partial charge in [0.2, 0.25) is 0 Å². The van der Waals surface area contributed by atoms with Gasteiger partial charge in [0.05, 0.1) is 5.56 Å². The van der Waals surface area contributed by atoms with Crippen LogP contribution >= 0.6 is 7.82 Å². The number of hydrogen-bond donors (Lipinski definition) is 0. The third-order valence-corrected chi connectivity index (χ3v) is 7.40. The van der Waals surface area contributed by atoms with E-state index < -0.39 is 19.6 Å². The van der Waals surface area contributed by atoms with Crippen LogP contribution in [0.1, 0.15) is 11.1 Å². The van der Waals surface area contributed by atoms with Gasteiger partial charge in [0.15, 0.2) is 0 Å². The van der Waals surface area contributed by atoms with Crippen molar-refractivity contribution in [3.8, 4) is 33.8 Å². The predicted molar refractivity (Wildman–Crippen MR) is 154 cm³/mol. The molecule has 8 heteroatoms. The van der Waals surface area contributed by atoms with E-state index in [0.717, 1.165) is 28.8 Å². The van der Waals surface area contributed by atoms with E-state index in [9.17, 15) is 17.7 Å². The minimum atomic E-state index is -4.51. The maximum atomic E-state index is 14.3. The second-order valence-corrected chi connectivity index (χ2v) is 10.4. The molecule has 0 heterocycles. The third-order valence-electron chi connectivity index (χ3n) is 6.10. The van der Waals surface area contributed by atoms with Crippen LogP contribution in [0.25, 0.3) is 28.0 Å².